The molecule has 1 rings (SSSR count). The van der Waals surface area contributed by atoms with Crippen molar-refractivity contribution in [1.82, 2.24) is 0 Å². The van der Waals surface area contributed by atoms with Crippen molar-refractivity contribution >= 4 is 0 Å². The van der Waals surface area contributed by atoms with Crippen molar-refractivity contribution in [3.63, 3.8) is 0 Å². The van der Waals surface area contributed by atoms with Gasteiger partial charge in [0.05, 0.1) is 0 Å². The topological polar surface area (TPSA) is 40.5 Å². The van der Waals surface area contributed by atoms with Gasteiger partial charge in [-0.1, -0.05) is 33.8 Å². The molecule has 2 heteroatoms. The van der Waals surface area contributed by atoms with E-state index in [2.05, 4.69) is 27.7 Å². The Labute approximate surface area is 97.9 Å². The van der Waals surface area contributed by atoms with Gasteiger partial charge in [-0.15, -0.1) is 0 Å². The number of hydrogen-bond acceptors (Lipinski definition) is 2. The van der Waals surface area contributed by atoms with Crippen LogP contribution in [0.3, 0.4) is 0 Å². The molecule has 0 spiro atoms. The van der Waals surface area contributed by atoms with Gasteiger partial charge >= 0.3 is 0 Å². The molecule has 2 nitrogen and oxygen atoms in total. The molecule has 0 saturated heterocycles. The van der Waals surface area contributed by atoms with E-state index in [-0.39, 0.29) is 11.5 Å². The lowest BCUT2D eigenvalue weighted by Crippen LogP contribution is -1.99. The van der Waals surface area contributed by atoms with Crippen LogP contribution in [0.4, 0.5) is 0 Å². The molecule has 0 aromatic heterocycles. The predicted molar refractivity (Wildman–Crippen MR) is 66.9 cm³/mol. The fourth-order valence-electron chi connectivity index (χ4n) is 1.93. The summed E-state index contributed by atoms with van der Waals surface area (Å²) < 4.78 is 0. The molecular weight excluding hydrogens is 200 g/mol. The molecule has 0 fully saturated rings. The Morgan fingerprint density at radius 3 is 2.00 bits per heavy atom. The third kappa shape index (κ3) is 3.44. The lowest BCUT2D eigenvalue weighted by atomic mass is 9.96. The SMILES string of the molecule is CC(C)Cc1cc(O)c(O)c(CC(C)C)c1. The van der Waals surface area contributed by atoms with E-state index in [0.717, 1.165) is 24.0 Å². The van der Waals surface area contributed by atoms with Crippen molar-refractivity contribution in [2.24, 2.45) is 11.8 Å². The smallest absolute Gasteiger partial charge is 0.160 e. The number of hydrogen-bond donors (Lipinski definition) is 2. The second kappa shape index (κ2) is 5.24. The van der Waals surface area contributed by atoms with Gasteiger partial charge in [0, 0.05) is 0 Å². The lowest BCUT2D eigenvalue weighted by molar-refractivity contribution is 0.396. The maximum atomic E-state index is 9.76. The Balaban J connectivity index is 3.01. The minimum atomic E-state index is 0.00815. The van der Waals surface area contributed by atoms with Crippen LogP contribution in [0.1, 0.15) is 38.8 Å². The summed E-state index contributed by atoms with van der Waals surface area (Å²) in [5, 5.41) is 19.4. The highest BCUT2D eigenvalue weighted by Crippen LogP contribution is 2.32. The molecule has 0 aliphatic heterocycles. The van der Waals surface area contributed by atoms with Crippen LogP contribution >= 0.6 is 0 Å². The summed E-state index contributed by atoms with van der Waals surface area (Å²) in [5.41, 5.74) is 1.95. The average Bonchev–Trinajstić information content (AvgIpc) is 2.11. The first kappa shape index (κ1) is 12.9. The van der Waals surface area contributed by atoms with E-state index in [1.807, 2.05) is 6.07 Å². The minimum absolute atomic E-state index is 0.00815. The Kier molecular flexibility index (Phi) is 4.22. The maximum Gasteiger partial charge on any atom is 0.160 e. The monoisotopic (exact) mass is 222 g/mol. The maximum absolute atomic E-state index is 9.76. The molecule has 0 bridgehead atoms. The van der Waals surface area contributed by atoms with Crippen LogP contribution in [0.5, 0.6) is 11.5 Å². The average molecular weight is 222 g/mol. The first-order chi connectivity index (χ1) is 7.40. The van der Waals surface area contributed by atoms with Gasteiger partial charge in [-0.05, 0) is 41.9 Å². The molecule has 1 aromatic carbocycles. The van der Waals surface area contributed by atoms with Gasteiger partial charge in [0.15, 0.2) is 11.5 Å². The third-order valence-corrected chi connectivity index (χ3v) is 2.50. The molecule has 1 aromatic rings. The second-order valence-electron chi connectivity index (χ2n) is 5.32. The Morgan fingerprint density at radius 2 is 1.50 bits per heavy atom. The van der Waals surface area contributed by atoms with Crippen LogP contribution in [0.25, 0.3) is 0 Å². The molecule has 0 aliphatic carbocycles. The summed E-state index contributed by atoms with van der Waals surface area (Å²) in [6, 6.07) is 3.67. The molecule has 0 amide bonds. The largest absolute Gasteiger partial charge is 0.504 e. The number of benzene rings is 1. The van der Waals surface area contributed by atoms with Crippen LogP contribution in [0, 0.1) is 11.8 Å². The normalized spacial score (nSPS) is 11.4. The molecule has 16 heavy (non-hydrogen) atoms. The van der Waals surface area contributed by atoms with Crippen LogP contribution in [-0.4, -0.2) is 10.2 Å². The Morgan fingerprint density at radius 1 is 0.938 bits per heavy atom. The third-order valence-electron chi connectivity index (χ3n) is 2.50. The molecule has 0 unspecified atom stereocenters. The van der Waals surface area contributed by atoms with E-state index in [1.54, 1.807) is 6.07 Å². The first-order valence-electron chi connectivity index (χ1n) is 5.93. The number of phenolic OH excluding ortho intramolecular Hbond substituents is 2. The van der Waals surface area contributed by atoms with Crippen molar-refractivity contribution in [3.05, 3.63) is 23.3 Å². The second-order valence-corrected chi connectivity index (χ2v) is 5.32. The van der Waals surface area contributed by atoms with E-state index in [0.29, 0.717) is 11.8 Å². The number of aromatic hydroxyl groups is 2. The van der Waals surface area contributed by atoms with Gasteiger partial charge in [0.25, 0.3) is 0 Å². The zero-order valence-corrected chi connectivity index (χ0v) is 10.6. The van der Waals surface area contributed by atoms with Gasteiger partial charge in [0.2, 0.25) is 0 Å². The number of phenols is 2. The van der Waals surface area contributed by atoms with Crippen LogP contribution in [0.15, 0.2) is 12.1 Å². The van der Waals surface area contributed by atoms with E-state index in [1.165, 1.54) is 0 Å². The number of rotatable bonds is 4. The zero-order valence-electron chi connectivity index (χ0n) is 10.6. The van der Waals surface area contributed by atoms with Crippen molar-refractivity contribution in [2.45, 2.75) is 40.5 Å². The summed E-state index contributed by atoms with van der Waals surface area (Å²) in [5.74, 6) is 1.07. The first-order valence-corrected chi connectivity index (χ1v) is 5.93. The van der Waals surface area contributed by atoms with Crippen molar-refractivity contribution < 1.29 is 10.2 Å². The van der Waals surface area contributed by atoms with Gasteiger partial charge in [-0.3, -0.25) is 0 Å². The Hall–Kier alpha value is -1.18. The van der Waals surface area contributed by atoms with Crippen LogP contribution in [0.2, 0.25) is 0 Å². The van der Waals surface area contributed by atoms with Gasteiger partial charge in [-0.25, -0.2) is 0 Å². The van der Waals surface area contributed by atoms with Crippen LogP contribution < -0.4 is 0 Å². The molecule has 90 valence electrons. The summed E-state index contributed by atoms with van der Waals surface area (Å²) >= 11 is 0. The fraction of sp³-hybridized carbons (Fsp3) is 0.571. The van der Waals surface area contributed by atoms with Crippen molar-refractivity contribution in [2.75, 3.05) is 0 Å². The molecule has 0 heterocycles. The minimum Gasteiger partial charge on any atom is -0.504 e. The summed E-state index contributed by atoms with van der Waals surface area (Å²) in [6.07, 6.45) is 1.73. The summed E-state index contributed by atoms with van der Waals surface area (Å²) in [4.78, 5) is 0. The molecule has 0 radical (unpaired) electrons. The van der Waals surface area contributed by atoms with E-state index < -0.39 is 0 Å². The van der Waals surface area contributed by atoms with Gasteiger partial charge < -0.3 is 10.2 Å². The fourth-order valence-corrected chi connectivity index (χ4v) is 1.93. The van der Waals surface area contributed by atoms with Crippen molar-refractivity contribution in [3.8, 4) is 11.5 Å². The highest BCUT2D eigenvalue weighted by Gasteiger charge is 2.11. The highest BCUT2D eigenvalue weighted by atomic mass is 16.3. The molecule has 0 saturated carbocycles. The lowest BCUT2D eigenvalue weighted by Gasteiger charge is -2.12. The van der Waals surface area contributed by atoms with E-state index in [4.69, 9.17) is 0 Å². The predicted octanol–water partition coefficient (Wildman–Crippen LogP) is 3.49. The molecule has 0 atom stereocenters. The zero-order chi connectivity index (χ0) is 12.3. The quantitative estimate of drug-likeness (QED) is 0.765. The van der Waals surface area contributed by atoms with Crippen LogP contribution in [-0.2, 0) is 12.8 Å². The molecule has 0 aliphatic rings. The summed E-state index contributed by atoms with van der Waals surface area (Å²) in [6.45, 7) is 8.50. The Bertz CT molecular complexity index is 354. The van der Waals surface area contributed by atoms with Crippen molar-refractivity contribution in [1.29, 1.82) is 0 Å². The van der Waals surface area contributed by atoms with Gasteiger partial charge in [0.1, 0.15) is 0 Å². The van der Waals surface area contributed by atoms with E-state index in [9.17, 15) is 10.2 Å². The summed E-state index contributed by atoms with van der Waals surface area (Å²) in [7, 11) is 0. The van der Waals surface area contributed by atoms with E-state index >= 15 is 0 Å². The molecular formula is C14H22O2. The van der Waals surface area contributed by atoms with Gasteiger partial charge in [-0.2, -0.15) is 0 Å². The molecule has 2 N–H and O–H groups in total. The highest BCUT2D eigenvalue weighted by molar-refractivity contribution is 5.47. The standard InChI is InChI=1S/C14H22O2/c1-9(2)5-11-7-12(6-10(3)4)14(16)13(15)8-11/h7-10,15-16H,5-6H2,1-4H3.